The van der Waals surface area contributed by atoms with Crippen molar-refractivity contribution in [2.45, 2.75) is 38.9 Å². The molecule has 1 aromatic rings. The lowest BCUT2D eigenvalue weighted by Crippen LogP contribution is -2.19. The van der Waals surface area contributed by atoms with Crippen molar-refractivity contribution in [3.05, 3.63) is 35.4 Å². The summed E-state index contributed by atoms with van der Waals surface area (Å²) >= 11 is 0. The minimum Gasteiger partial charge on any atom is -0.479 e. The van der Waals surface area contributed by atoms with E-state index in [1.54, 1.807) is 0 Å². The molecule has 1 fully saturated rings. The standard InChI is InChI=1S/C7H6F2.C6H10O3/c1-5-3-2-4-6(8)7(5)9;1-4-2-3-5(9-4)6(7)8/h2-4H,1H3;4-5H,2-3H2,1H3,(H,7,8). The second-order valence-electron chi connectivity index (χ2n) is 4.22. The van der Waals surface area contributed by atoms with Crippen molar-refractivity contribution in [3.63, 3.8) is 0 Å². The predicted molar refractivity (Wildman–Crippen MR) is 62.3 cm³/mol. The summed E-state index contributed by atoms with van der Waals surface area (Å²) in [6.07, 6.45) is 1.12. The number of carbonyl (C=O) groups is 1. The summed E-state index contributed by atoms with van der Waals surface area (Å²) in [5.41, 5.74) is 0.343. The van der Waals surface area contributed by atoms with E-state index in [0.29, 0.717) is 12.0 Å². The molecule has 2 atom stereocenters. The van der Waals surface area contributed by atoms with E-state index >= 15 is 0 Å². The maximum absolute atomic E-state index is 12.4. The van der Waals surface area contributed by atoms with Crippen LogP contribution in [0.25, 0.3) is 0 Å². The molecule has 3 nitrogen and oxygen atoms in total. The highest BCUT2D eigenvalue weighted by Gasteiger charge is 2.27. The lowest BCUT2D eigenvalue weighted by molar-refractivity contribution is -0.149. The van der Waals surface area contributed by atoms with Gasteiger partial charge in [0.1, 0.15) is 0 Å². The van der Waals surface area contributed by atoms with Crippen molar-refractivity contribution in [2.24, 2.45) is 0 Å². The Hall–Kier alpha value is -1.49. The molecule has 1 aromatic carbocycles. The van der Waals surface area contributed by atoms with Crippen LogP contribution in [0.2, 0.25) is 0 Å². The predicted octanol–water partition coefficient (Wildman–Crippen LogP) is 2.91. The Kier molecular flexibility index (Phi) is 5.22. The molecule has 1 aliphatic heterocycles. The molecule has 0 amide bonds. The molecule has 2 rings (SSSR count). The molecule has 0 aliphatic carbocycles. The van der Waals surface area contributed by atoms with Crippen LogP contribution >= 0.6 is 0 Å². The summed E-state index contributed by atoms with van der Waals surface area (Å²) < 4.78 is 29.6. The van der Waals surface area contributed by atoms with Crippen LogP contribution in [0, 0.1) is 18.6 Å². The lowest BCUT2D eigenvalue weighted by Gasteiger charge is -2.03. The van der Waals surface area contributed by atoms with Gasteiger partial charge in [-0.05, 0) is 38.3 Å². The van der Waals surface area contributed by atoms with Gasteiger partial charge in [-0.15, -0.1) is 0 Å². The van der Waals surface area contributed by atoms with Crippen molar-refractivity contribution in [2.75, 3.05) is 0 Å². The van der Waals surface area contributed by atoms with Crippen molar-refractivity contribution in [1.82, 2.24) is 0 Å². The third-order valence-corrected chi connectivity index (χ3v) is 2.65. The number of carboxylic acid groups (broad SMARTS) is 1. The SMILES string of the molecule is CC1CCC(C(=O)O)O1.Cc1cccc(F)c1F. The minimum atomic E-state index is -0.834. The Labute approximate surface area is 104 Å². The summed E-state index contributed by atoms with van der Waals surface area (Å²) in [6.45, 7) is 3.42. The average Bonchev–Trinajstić information content (AvgIpc) is 2.74. The van der Waals surface area contributed by atoms with Crippen LogP contribution in [-0.2, 0) is 9.53 Å². The minimum absolute atomic E-state index is 0.131. The molecule has 18 heavy (non-hydrogen) atoms. The monoisotopic (exact) mass is 258 g/mol. The number of halogens is 2. The Morgan fingerprint density at radius 1 is 1.39 bits per heavy atom. The van der Waals surface area contributed by atoms with Crippen LogP contribution in [0.15, 0.2) is 18.2 Å². The quantitative estimate of drug-likeness (QED) is 0.842. The first-order valence-electron chi connectivity index (χ1n) is 5.70. The van der Waals surface area contributed by atoms with Crippen LogP contribution in [-0.4, -0.2) is 23.3 Å². The first kappa shape index (κ1) is 14.6. The second-order valence-corrected chi connectivity index (χ2v) is 4.22. The summed E-state index contributed by atoms with van der Waals surface area (Å²) in [5, 5.41) is 8.41. The third-order valence-electron chi connectivity index (χ3n) is 2.65. The Balaban J connectivity index is 0.000000180. The molecule has 5 heteroatoms. The molecule has 0 bridgehead atoms. The molecule has 1 N–H and O–H groups in total. The molecule has 100 valence electrons. The number of ether oxygens (including phenoxy) is 1. The maximum Gasteiger partial charge on any atom is 0.332 e. The zero-order chi connectivity index (χ0) is 13.7. The fourth-order valence-corrected chi connectivity index (χ4v) is 1.60. The average molecular weight is 258 g/mol. The summed E-state index contributed by atoms with van der Waals surface area (Å²) in [4.78, 5) is 10.2. The fourth-order valence-electron chi connectivity index (χ4n) is 1.60. The van der Waals surface area contributed by atoms with Crippen LogP contribution in [0.1, 0.15) is 25.3 Å². The van der Waals surface area contributed by atoms with Gasteiger partial charge in [0.15, 0.2) is 17.7 Å². The Bertz CT molecular complexity index is 400. The van der Waals surface area contributed by atoms with Gasteiger partial charge >= 0.3 is 5.97 Å². The number of hydrogen-bond donors (Lipinski definition) is 1. The summed E-state index contributed by atoms with van der Waals surface area (Å²) in [6, 6.07) is 4.11. The van der Waals surface area contributed by atoms with Crippen molar-refractivity contribution in [1.29, 1.82) is 0 Å². The number of carboxylic acids is 1. The van der Waals surface area contributed by atoms with Gasteiger partial charge in [0, 0.05) is 0 Å². The topological polar surface area (TPSA) is 46.5 Å². The van der Waals surface area contributed by atoms with Gasteiger partial charge in [0.05, 0.1) is 6.10 Å². The van der Waals surface area contributed by atoms with Crippen LogP contribution in [0.3, 0.4) is 0 Å². The van der Waals surface area contributed by atoms with Crippen LogP contribution in [0.5, 0.6) is 0 Å². The number of rotatable bonds is 1. The Morgan fingerprint density at radius 3 is 2.39 bits per heavy atom. The summed E-state index contributed by atoms with van der Waals surface area (Å²) in [7, 11) is 0. The zero-order valence-corrected chi connectivity index (χ0v) is 10.3. The lowest BCUT2D eigenvalue weighted by atomic mass is 10.2. The third kappa shape index (κ3) is 4.07. The first-order valence-corrected chi connectivity index (χ1v) is 5.70. The number of aliphatic carboxylic acids is 1. The molecular formula is C13H16F2O3. The van der Waals surface area contributed by atoms with Crippen molar-refractivity contribution < 1.29 is 23.4 Å². The fraction of sp³-hybridized carbons (Fsp3) is 0.462. The number of hydrogen-bond acceptors (Lipinski definition) is 2. The first-order chi connectivity index (χ1) is 8.41. The van der Waals surface area contributed by atoms with E-state index in [0.717, 1.165) is 12.5 Å². The van der Waals surface area contributed by atoms with E-state index < -0.39 is 23.7 Å². The summed E-state index contributed by atoms with van der Waals surface area (Å²) in [5.74, 6) is -2.37. The van der Waals surface area contributed by atoms with Gasteiger partial charge in [0.2, 0.25) is 0 Å². The van der Waals surface area contributed by atoms with Crippen molar-refractivity contribution in [3.8, 4) is 0 Å². The largest absolute Gasteiger partial charge is 0.479 e. The highest BCUT2D eigenvalue weighted by atomic mass is 19.2. The van der Waals surface area contributed by atoms with Gasteiger partial charge in [-0.2, -0.15) is 0 Å². The van der Waals surface area contributed by atoms with E-state index in [-0.39, 0.29) is 6.10 Å². The molecule has 1 heterocycles. The number of aryl methyl sites for hydroxylation is 1. The van der Waals surface area contributed by atoms with Gasteiger partial charge < -0.3 is 9.84 Å². The van der Waals surface area contributed by atoms with E-state index in [4.69, 9.17) is 9.84 Å². The van der Waals surface area contributed by atoms with Crippen molar-refractivity contribution >= 4 is 5.97 Å². The van der Waals surface area contributed by atoms with Crippen LogP contribution < -0.4 is 0 Å². The maximum atomic E-state index is 12.4. The molecule has 0 saturated carbocycles. The van der Waals surface area contributed by atoms with Gasteiger partial charge in [0.25, 0.3) is 0 Å². The normalized spacial score (nSPS) is 22.2. The highest BCUT2D eigenvalue weighted by Crippen LogP contribution is 2.18. The van der Waals surface area contributed by atoms with E-state index in [1.807, 2.05) is 6.92 Å². The molecule has 1 saturated heterocycles. The number of benzene rings is 1. The van der Waals surface area contributed by atoms with Gasteiger partial charge in [-0.3, -0.25) is 0 Å². The molecular weight excluding hydrogens is 242 g/mol. The highest BCUT2D eigenvalue weighted by molar-refractivity contribution is 5.72. The molecule has 0 radical (unpaired) electrons. The molecule has 2 unspecified atom stereocenters. The van der Waals surface area contributed by atoms with E-state index in [1.165, 1.54) is 19.1 Å². The van der Waals surface area contributed by atoms with Gasteiger partial charge in [-0.25, -0.2) is 13.6 Å². The second kappa shape index (κ2) is 6.44. The smallest absolute Gasteiger partial charge is 0.332 e. The Morgan fingerprint density at radius 2 is 2.06 bits per heavy atom. The van der Waals surface area contributed by atoms with Crippen LogP contribution in [0.4, 0.5) is 8.78 Å². The van der Waals surface area contributed by atoms with Gasteiger partial charge in [-0.1, -0.05) is 12.1 Å². The van der Waals surface area contributed by atoms with E-state index in [9.17, 15) is 13.6 Å². The van der Waals surface area contributed by atoms with E-state index in [2.05, 4.69) is 0 Å². The molecule has 0 aromatic heterocycles. The molecule has 0 spiro atoms. The zero-order valence-electron chi connectivity index (χ0n) is 10.3. The molecule has 1 aliphatic rings.